The average molecular weight is 401 g/mol. The zero-order chi connectivity index (χ0) is 19.7. The van der Waals surface area contributed by atoms with Gasteiger partial charge in [0.25, 0.3) is 0 Å². The first kappa shape index (κ1) is 18.6. The molecular formula is C19H19N3O5S. The van der Waals surface area contributed by atoms with Crippen molar-refractivity contribution < 1.29 is 22.7 Å². The van der Waals surface area contributed by atoms with Gasteiger partial charge in [0.2, 0.25) is 10.0 Å². The number of methoxy groups -OCH3 is 1. The second-order valence-corrected chi connectivity index (χ2v) is 8.19. The van der Waals surface area contributed by atoms with Gasteiger partial charge < -0.3 is 14.0 Å². The summed E-state index contributed by atoms with van der Waals surface area (Å²) in [4.78, 5) is 16.5. The fourth-order valence-electron chi connectivity index (χ4n) is 3.30. The van der Waals surface area contributed by atoms with Crippen molar-refractivity contribution in [2.75, 3.05) is 20.3 Å². The molecule has 0 bridgehead atoms. The Morgan fingerprint density at radius 3 is 2.82 bits per heavy atom. The molecule has 0 radical (unpaired) electrons. The maximum Gasteiger partial charge on any atom is 0.337 e. The third-order valence-electron chi connectivity index (χ3n) is 4.65. The number of benzene rings is 2. The van der Waals surface area contributed by atoms with E-state index in [2.05, 4.69) is 9.71 Å². The van der Waals surface area contributed by atoms with Crippen molar-refractivity contribution in [3.63, 3.8) is 0 Å². The number of nitrogens with one attached hydrogen (secondary N) is 1. The van der Waals surface area contributed by atoms with Crippen LogP contribution in [0.2, 0.25) is 0 Å². The highest BCUT2D eigenvalue weighted by atomic mass is 32.2. The van der Waals surface area contributed by atoms with E-state index in [-0.39, 0.29) is 17.5 Å². The van der Waals surface area contributed by atoms with Crippen LogP contribution in [-0.4, -0.2) is 44.2 Å². The number of esters is 1. The number of aromatic nitrogens is 2. The van der Waals surface area contributed by atoms with Crippen LogP contribution in [0, 0.1) is 0 Å². The molecule has 28 heavy (non-hydrogen) atoms. The van der Waals surface area contributed by atoms with E-state index in [0.29, 0.717) is 30.1 Å². The summed E-state index contributed by atoms with van der Waals surface area (Å²) >= 11 is 0. The van der Waals surface area contributed by atoms with Gasteiger partial charge in [-0.25, -0.2) is 22.9 Å². The van der Waals surface area contributed by atoms with Crippen LogP contribution in [0.1, 0.15) is 22.2 Å². The van der Waals surface area contributed by atoms with Crippen molar-refractivity contribution in [3.05, 3.63) is 59.9 Å². The molecule has 2 heterocycles. The Kier molecular flexibility index (Phi) is 4.88. The number of ether oxygens (including phenoxy) is 2. The molecule has 1 aromatic heterocycles. The van der Waals surface area contributed by atoms with Crippen LogP contribution in [0.3, 0.4) is 0 Å². The predicted molar refractivity (Wildman–Crippen MR) is 101 cm³/mol. The molecule has 3 aromatic rings. The minimum Gasteiger partial charge on any atom is -0.465 e. The van der Waals surface area contributed by atoms with Crippen LogP contribution in [0.25, 0.3) is 11.0 Å². The van der Waals surface area contributed by atoms with Gasteiger partial charge >= 0.3 is 5.97 Å². The fraction of sp³-hybridized carbons (Fsp3) is 0.263. The summed E-state index contributed by atoms with van der Waals surface area (Å²) in [5.41, 5.74) is 1.86. The number of imidazole rings is 1. The molecule has 4 rings (SSSR count). The van der Waals surface area contributed by atoms with Gasteiger partial charge in [-0.1, -0.05) is 18.2 Å². The average Bonchev–Trinajstić information content (AvgIpc) is 3.10. The highest BCUT2D eigenvalue weighted by molar-refractivity contribution is 7.89. The van der Waals surface area contributed by atoms with E-state index in [1.165, 1.54) is 7.11 Å². The van der Waals surface area contributed by atoms with E-state index < -0.39 is 16.0 Å². The van der Waals surface area contributed by atoms with E-state index in [4.69, 9.17) is 9.47 Å². The topological polar surface area (TPSA) is 99.5 Å². The van der Waals surface area contributed by atoms with Crippen molar-refractivity contribution in [2.24, 2.45) is 0 Å². The number of nitrogens with zero attached hydrogens (tertiary/aromatic N) is 2. The minimum atomic E-state index is -3.62. The normalized spacial score (nSPS) is 16.7. The van der Waals surface area contributed by atoms with Gasteiger partial charge in [-0.15, -0.1) is 0 Å². The van der Waals surface area contributed by atoms with Crippen LogP contribution in [0.5, 0.6) is 0 Å². The molecule has 146 valence electrons. The van der Waals surface area contributed by atoms with Gasteiger partial charge in [0, 0.05) is 6.54 Å². The smallest absolute Gasteiger partial charge is 0.337 e. The first-order valence-corrected chi connectivity index (χ1v) is 10.2. The third kappa shape index (κ3) is 3.39. The number of rotatable bonds is 5. The van der Waals surface area contributed by atoms with Gasteiger partial charge in [0.05, 0.1) is 41.3 Å². The molecule has 0 saturated heterocycles. The molecule has 0 fully saturated rings. The van der Waals surface area contributed by atoms with Gasteiger partial charge in [-0.05, 0) is 30.3 Å². The summed E-state index contributed by atoms with van der Waals surface area (Å²) in [6, 6.07) is 13.1. The van der Waals surface area contributed by atoms with E-state index in [1.807, 2.05) is 4.57 Å². The second kappa shape index (κ2) is 7.34. The van der Waals surface area contributed by atoms with Crippen molar-refractivity contribution in [3.8, 4) is 0 Å². The Labute approximate surface area is 162 Å². The Morgan fingerprint density at radius 2 is 2.07 bits per heavy atom. The maximum absolute atomic E-state index is 12.5. The molecule has 0 unspecified atom stereocenters. The van der Waals surface area contributed by atoms with Gasteiger partial charge in [-0.3, -0.25) is 0 Å². The standard InChI is InChI=1S/C19H19N3O5S/c1-26-19(23)13-7-8-17-16(9-13)21-18-12-27-11-14(22(17)18)10-20-28(24,25)15-5-3-2-4-6-15/h2-9,14,20H,10-12H2,1H3/t14-/m0/s1. The summed E-state index contributed by atoms with van der Waals surface area (Å²) in [5, 5.41) is 0. The molecule has 2 aromatic carbocycles. The van der Waals surface area contributed by atoms with Gasteiger partial charge in [-0.2, -0.15) is 0 Å². The number of fused-ring (bicyclic) bond motifs is 3. The number of hydrogen-bond acceptors (Lipinski definition) is 6. The number of carbonyl (C=O) groups is 1. The van der Waals surface area contributed by atoms with Crippen molar-refractivity contribution in [2.45, 2.75) is 17.5 Å². The van der Waals surface area contributed by atoms with E-state index in [1.54, 1.807) is 48.5 Å². The maximum atomic E-state index is 12.5. The van der Waals surface area contributed by atoms with Crippen molar-refractivity contribution in [1.29, 1.82) is 0 Å². The lowest BCUT2D eigenvalue weighted by Gasteiger charge is -2.26. The Morgan fingerprint density at radius 1 is 1.29 bits per heavy atom. The lowest BCUT2D eigenvalue weighted by atomic mass is 10.2. The summed E-state index contributed by atoms with van der Waals surface area (Å²) in [6.07, 6.45) is 0. The fourth-order valence-corrected chi connectivity index (χ4v) is 4.40. The molecular weight excluding hydrogens is 382 g/mol. The number of sulfonamides is 1. The van der Waals surface area contributed by atoms with E-state index >= 15 is 0 Å². The van der Waals surface area contributed by atoms with Crippen LogP contribution in [0.4, 0.5) is 0 Å². The molecule has 1 aliphatic rings. The third-order valence-corrected chi connectivity index (χ3v) is 6.09. The van der Waals surface area contributed by atoms with E-state index in [0.717, 1.165) is 5.52 Å². The zero-order valence-corrected chi connectivity index (χ0v) is 16.0. The van der Waals surface area contributed by atoms with Crippen molar-refractivity contribution in [1.82, 2.24) is 14.3 Å². The molecule has 0 amide bonds. The number of hydrogen-bond donors (Lipinski definition) is 1. The summed E-state index contributed by atoms with van der Waals surface area (Å²) in [5.74, 6) is 0.253. The Bertz CT molecular complexity index is 1130. The Hall–Kier alpha value is -2.75. The van der Waals surface area contributed by atoms with Crippen LogP contribution in [0.15, 0.2) is 53.4 Å². The largest absolute Gasteiger partial charge is 0.465 e. The first-order valence-electron chi connectivity index (χ1n) is 8.71. The quantitative estimate of drug-likeness (QED) is 0.655. The van der Waals surface area contributed by atoms with Crippen LogP contribution < -0.4 is 4.72 Å². The predicted octanol–water partition coefficient (Wildman–Crippen LogP) is 1.87. The van der Waals surface area contributed by atoms with Crippen LogP contribution in [-0.2, 0) is 26.1 Å². The lowest BCUT2D eigenvalue weighted by molar-refractivity contribution is 0.0580. The zero-order valence-electron chi connectivity index (χ0n) is 15.2. The van der Waals surface area contributed by atoms with E-state index in [9.17, 15) is 13.2 Å². The lowest BCUT2D eigenvalue weighted by Crippen LogP contribution is -2.35. The molecule has 1 N–H and O–H groups in total. The summed E-state index contributed by atoms with van der Waals surface area (Å²) in [7, 11) is -2.29. The number of carbonyl (C=O) groups excluding carboxylic acids is 1. The molecule has 1 aliphatic heterocycles. The van der Waals surface area contributed by atoms with Crippen LogP contribution >= 0.6 is 0 Å². The highest BCUT2D eigenvalue weighted by Crippen LogP contribution is 2.27. The van der Waals surface area contributed by atoms with Crippen molar-refractivity contribution >= 4 is 27.0 Å². The highest BCUT2D eigenvalue weighted by Gasteiger charge is 2.26. The monoisotopic (exact) mass is 401 g/mol. The molecule has 0 aliphatic carbocycles. The SMILES string of the molecule is COC(=O)c1ccc2c(c1)nc1n2[C@@H](CNS(=O)(=O)c2ccccc2)COC1. The second-order valence-electron chi connectivity index (χ2n) is 6.43. The summed E-state index contributed by atoms with van der Waals surface area (Å²) in [6.45, 7) is 0.840. The first-order chi connectivity index (χ1) is 13.5. The van der Waals surface area contributed by atoms with Gasteiger partial charge in [0.1, 0.15) is 12.4 Å². The van der Waals surface area contributed by atoms with Gasteiger partial charge in [0.15, 0.2) is 0 Å². The minimum absolute atomic E-state index is 0.161. The molecule has 1 atom stereocenters. The Balaban J connectivity index is 1.62. The molecule has 0 saturated carbocycles. The summed E-state index contributed by atoms with van der Waals surface area (Å²) < 4.78 is 40.0. The molecule has 8 nitrogen and oxygen atoms in total. The molecule has 9 heteroatoms. The molecule has 0 spiro atoms.